The van der Waals surface area contributed by atoms with Crippen molar-refractivity contribution < 1.29 is 19.1 Å². The zero-order chi connectivity index (χ0) is 38.2. The number of fused-ring (bicyclic) bond motifs is 4. The number of hydrogen-bond donors (Lipinski definition) is 0. The van der Waals surface area contributed by atoms with Crippen LogP contribution in [0, 0.1) is 11.8 Å². The van der Waals surface area contributed by atoms with Crippen LogP contribution >= 0.6 is 0 Å². The monoisotopic (exact) mass is 722 g/mol. The van der Waals surface area contributed by atoms with Crippen LogP contribution < -0.4 is 9.47 Å². The van der Waals surface area contributed by atoms with Crippen LogP contribution in [0.25, 0.3) is 54.2 Å². The van der Waals surface area contributed by atoms with Crippen molar-refractivity contribution in [3.8, 4) is 22.6 Å². The molecule has 2 unspecified atom stereocenters. The molecule has 0 saturated carbocycles. The maximum absolute atomic E-state index is 13.9. The molecule has 0 aliphatic carbocycles. The Morgan fingerprint density at radius 1 is 0.463 bits per heavy atom. The first kappa shape index (κ1) is 39.0. The molecule has 6 aromatic carbocycles. The normalized spacial score (nSPS) is 12.8. The zero-order valence-corrected chi connectivity index (χ0v) is 33.4. The lowest BCUT2D eigenvalue weighted by molar-refractivity contribution is -0.140. The van der Waals surface area contributed by atoms with E-state index >= 15 is 0 Å². The summed E-state index contributed by atoms with van der Waals surface area (Å²) < 4.78 is 13.1. The van der Waals surface area contributed by atoms with Crippen LogP contribution in [0.15, 0.2) is 84.9 Å². The first-order valence-corrected chi connectivity index (χ1v) is 20.8. The first-order chi connectivity index (χ1) is 26.4. The molecule has 54 heavy (non-hydrogen) atoms. The van der Waals surface area contributed by atoms with E-state index in [1.165, 1.54) is 11.1 Å². The number of benzene rings is 6. The number of aryl methyl sites for hydroxylation is 2. The van der Waals surface area contributed by atoms with Gasteiger partial charge in [-0.2, -0.15) is 0 Å². The minimum Gasteiger partial charge on any atom is -0.425 e. The van der Waals surface area contributed by atoms with Crippen LogP contribution in [-0.4, -0.2) is 11.9 Å². The van der Waals surface area contributed by atoms with E-state index in [1.54, 1.807) is 0 Å². The van der Waals surface area contributed by atoms with Crippen molar-refractivity contribution in [2.24, 2.45) is 11.8 Å². The molecule has 0 aliphatic rings. The molecule has 4 heteroatoms. The van der Waals surface area contributed by atoms with Crippen molar-refractivity contribution in [2.75, 3.05) is 0 Å². The molecule has 0 radical (unpaired) electrons. The molecule has 0 aliphatic heterocycles. The molecule has 0 heterocycles. The second-order valence-corrected chi connectivity index (χ2v) is 15.1. The van der Waals surface area contributed by atoms with Gasteiger partial charge in [-0.1, -0.05) is 165 Å². The highest BCUT2D eigenvalue weighted by molar-refractivity contribution is 6.27. The topological polar surface area (TPSA) is 52.6 Å². The summed E-state index contributed by atoms with van der Waals surface area (Å²) in [5.41, 5.74) is 4.71. The third-order valence-electron chi connectivity index (χ3n) is 11.3. The van der Waals surface area contributed by atoms with Crippen molar-refractivity contribution in [2.45, 2.75) is 119 Å². The third-order valence-corrected chi connectivity index (χ3v) is 11.3. The number of carbonyl (C=O) groups is 2. The molecule has 282 valence electrons. The van der Waals surface area contributed by atoms with Crippen molar-refractivity contribution in [1.29, 1.82) is 0 Å². The fraction of sp³-hybridized carbons (Fsp3) is 0.400. The summed E-state index contributed by atoms with van der Waals surface area (Å²) in [7, 11) is 0. The van der Waals surface area contributed by atoms with Crippen molar-refractivity contribution in [3.63, 3.8) is 0 Å². The van der Waals surface area contributed by atoms with Crippen LogP contribution in [0.2, 0.25) is 0 Å². The molecular weight excluding hydrogens is 665 g/mol. The standard InChI is InChI=1S/C50H58O4/c1-7-13-21-35(11-5)49(51)53-47-39-25-17-15-23-37(39)45(43-31-33(19-9-3)27-29-41(43)47)46-38-24-16-18-26-40(38)48(54-50(52)36(12-6)22-14-8-2)42-30-28-34(20-10-4)32-44(42)46/h15-18,23-32,35-36H,7-14,19-22H2,1-6H3. The van der Waals surface area contributed by atoms with Gasteiger partial charge in [0.2, 0.25) is 0 Å². The predicted molar refractivity (Wildman–Crippen MR) is 228 cm³/mol. The van der Waals surface area contributed by atoms with Gasteiger partial charge in [0.1, 0.15) is 11.5 Å². The lowest BCUT2D eigenvalue weighted by Gasteiger charge is -2.23. The molecule has 2 atom stereocenters. The number of hydrogen-bond acceptors (Lipinski definition) is 4. The van der Waals surface area contributed by atoms with Gasteiger partial charge in [0.05, 0.1) is 11.8 Å². The van der Waals surface area contributed by atoms with Gasteiger partial charge in [0.25, 0.3) is 0 Å². The van der Waals surface area contributed by atoms with Crippen molar-refractivity contribution in [3.05, 3.63) is 96.1 Å². The Labute approximate surface area is 322 Å². The molecule has 0 aromatic heterocycles. The fourth-order valence-corrected chi connectivity index (χ4v) is 8.26. The summed E-state index contributed by atoms with van der Waals surface area (Å²) in [5.74, 6) is 0.669. The second-order valence-electron chi connectivity index (χ2n) is 15.1. The first-order valence-electron chi connectivity index (χ1n) is 20.8. The lowest BCUT2D eigenvalue weighted by atomic mass is 9.84. The largest absolute Gasteiger partial charge is 0.425 e. The van der Waals surface area contributed by atoms with E-state index in [0.29, 0.717) is 11.5 Å². The Hall–Kier alpha value is -4.70. The van der Waals surface area contributed by atoms with E-state index in [4.69, 9.17) is 9.47 Å². The summed E-state index contributed by atoms with van der Waals surface area (Å²) in [6, 6.07) is 30.1. The van der Waals surface area contributed by atoms with E-state index in [2.05, 4.69) is 114 Å². The van der Waals surface area contributed by atoms with Crippen molar-refractivity contribution in [1.82, 2.24) is 0 Å². The van der Waals surface area contributed by atoms with E-state index < -0.39 is 0 Å². The Kier molecular flexibility index (Phi) is 13.1. The molecule has 0 spiro atoms. The van der Waals surface area contributed by atoms with Gasteiger partial charge >= 0.3 is 11.9 Å². The summed E-state index contributed by atoms with van der Waals surface area (Å²) >= 11 is 0. The summed E-state index contributed by atoms with van der Waals surface area (Å²) in [6.07, 6.45) is 11.2. The Balaban J connectivity index is 1.71. The minimum atomic E-state index is -0.154. The maximum Gasteiger partial charge on any atom is 0.314 e. The van der Waals surface area contributed by atoms with Gasteiger partial charge in [0.15, 0.2) is 0 Å². The average Bonchev–Trinajstić information content (AvgIpc) is 3.19. The molecular formula is C50H58O4. The smallest absolute Gasteiger partial charge is 0.314 e. The number of rotatable bonds is 17. The van der Waals surface area contributed by atoms with Crippen LogP contribution in [0.1, 0.15) is 117 Å². The summed E-state index contributed by atoms with van der Waals surface area (Å²) in [4.78, 5) is 27.8. The van der Waals surface area contributed by atoms with Gasteiger partial charge in [0, 0.05) is 21.5 Å². The molecule has 0 N–H and O–H groups in total. The average molecular weight is 723 g/mol. The van der Waals surface area contributed by atoms with E-state index in [9.17, 15) is 9.59 Å². The van der Waals surface area contributed by atoms with Crippen molar-refractivity contribution >= 4 is 55.0 Å². The minimum absolute atomic E-state index is 0.146. The molecule has 0 amide bonds. The fourth-order valence-electron chi connectivity index (χ4n) is 8.26. The van der Waals surface area contributed by atoms with Crippen LogP contribution in [0.5, 0.6) is 11.5 Å². The number of esters is 2. The van der Waals surface area contributed by atoms with E-state index in [0.717, 1.165) is 131 Å². The maximum atomic E-state index is 13.9. The van der Waals surface area contributed by atoms with E-state index in [-0.39, 0.29) is 23.8 Å². The zero-order valence-electron chi connectivity index (χ0n) is 33.4. The Morgan fingerprint density at radius 3 is 1.19 bits per heavy atom. The van der Waals surface area contributed by atoms with Crippen LogP contribution in [0.3, 0.4) is 0 Å². The molecule has 6 aromatic rings. The quantitative estimate of drug-likeness (QED) is 0.0534. The predicted octanol–water partition coefficient (Wildman–Crippen LogP) is 14.1. The number of ether oxygens (including phenoxy) is 2. The highest BCUT2D eigenvalue weighted by atomic mass is 16.5. The summed E-state index contributed by atoms with van der Waals surface area (Å²) in [6.45, 7) is 12.9. The number of unbranched alkanes of at least 4 members (excludes halogenated alkanes) is 2. The highest BCUT2D eigenvalue weighted by Gasteiger charge is 2.27. The Morgan fingerprint density at radius 2 is 0.833 bits per heavy atom. The lowest BCUT2D eigenvalue weighted by Crippen LogP contribution is -2.20. The van der Waals surface area contributed by atoms with Gasteiger partial charge in [-0.15, -0.1) is 0 Å². The molecule has 6 rings (SSSR count). The van der Waals surface area contributed by atoms with Crippen LogP contribution in [0.4, 0.5) is 0 Å². The van der Waals surface area contributed by atoms with Crippen LogP contribution in [-0.2, 0) is 22.4 Å². The molecule has 0 bridgehead atoms. The third kappa shape index (κ3) is 7.90. The molecule has 4 nitrogen and oxygen atoms in total. The molecule has 0 saturated heterocycles. The van der Waals surface area contributed by atoms with Gasteiger partial charge < -0.3 is 9.47 Å². The molecule has 0 fully saturated rings. The highest BCUT2D eigenvalue weighted by Crippen LogP contribution is 2.50. The number of carbonyl (C=O) groups excluding carboxylic acids is 2. The van der Waals surface area contributed by atoms with Gasteiger partial charge in [-0.3, -0.25) is 9.59 Å². The Bertz CT molecular complexity index is 2100. The van der Waals surface area contributed by atoms with Gasteiger partial charge in [-0.25, -0.2) is 0 Å². The summed E-state index contributed by atoms with van der Waals surface area (Å²) in [5, 5.41) is 7.89. The second kappa shape index (κ2) is 18.1. The SMILES string of the molecule is CCCCC(CC)C(=O)Oc1c2ccccc2c(-c2c3ccccc3c(OC(=O)C(CC)CCCC)c3ccc(CCC)cc23)c2cc(CCC)ccc12. The van der Waals surface area contributed by atoms with Gasteiger partial charge in [-0.05, 0) is 82.3 Å². The van der Waals surface area contributed by atoms with E-state index in [1.807, 2.05) is 12.1 Å².